The molecule has 1 saturated heterocycles. The van der Waals surface area contributed by atoms with E-state index in [4.69, 9.17) is 10.5 Å². The number of sulfonamides is 1. The summed E-state index contributed by atoms with van der Waals surface area (Å²) in [5.74, 6) is 0.318. The minimum absolute atomic E-state index is 0.0116. The average molecular weight is 284 g/mol. The van der Waals surface area contributed by atoms with E-state index in [0.717, 1.165) is 12.0 Å². The Morgan fingerprint density at radius 2 is 2.26 bits per heavy atom. The Balaban J connectivity index is 2.03. The van der Waals surface area contributed by atoms with E-state index in [1.54, 1.807) is 35.7 Å². The van der Waals surface area contributed by atoms with Crippen molar-refractivity contribution in [3.05, 3.63) is 29.8 Å². The Kier molecular flexibility index (Phi) is 4.44. The molecule has 1 aliphatic rings. The first-order chi connectivity index (χ1) is 9.01. The number of benzene rings is 1. The predicted molar refractivity (Wildman–Crippen MR) is 75.0 cm³/mol. The van der Waals surface area contributed by atoms with E-state index in [9.17, 15) is 8.42 Å². The Labute approximate surface area is 114 Å². The monoisotopic (exact) mass is 284 g/mol. The molecule has 0 aromatic heterocycles. The van der Waals surface area contributed by atoms with Crippen LogP contribution in [0.5, 0.6) is 0 Å². The summed E-state index contributed by atoms with van der Waals surface area (Å²) in [5, 5.41) is 0. The molecule has 106 valence electrons. The zero-order valence-corrected chi connectivity index (χ0v) is 11.9. The summed E-state index contributed by atoms with van der Waals surface area (Å²) >= 11 is 0. The molecule has 1 aliphatic heterocycles. The first kappa shape index (κ1) is 14.3. The largest absolute Gasteiger partial charge is 0.399 e. The number of nitrogens with zero attached hydrogens (tertiary/aromatic N) is 1. The predicted octanol–water partition coefficient (Wildman–Crippen LogP) is 1.07. The van der Waals surface area contributed by atoms with Crippen LogP contribution in [0.15, 0.2) is 24.3 Å². The maximum absolute atomic E-state index is 12.3. The maximum Gasteiger partial charge on any atom is 0.218 e. The topological polar surface area (TPSA) is 72.6 Å². The molecule has 5 nitrogen and oxygen atoms in total. The van der Waals surface area contributed by atoms with Crippen LogP contribution < -0.4 is 5.73 Å². The molecule has 0 saturated carbocycles. The van der Waals surface area contributed by atoms with Gasteiger partial charge in [-0.25, -0.2) is 12.7 Å². The van der Waals surface area contributed by atoms with Crippen LogP contribution in [0.3, 0.4) is 0 Å². The van der Waals surface area contributed by atoms with Gasteiger partial charge in [-0.15, -0.1) is 0 Å². The van der Waals surface area contributed by atoms with Gasteiger partial charge < -0.3 is 10.5 Å². The quantitative estimate of drug-likeness (QED) is 0.821. The molecule has 1 aromatic rings. The van der Waals surface area contributed by atoms with Gasteiger partial charge in [-0.05, 0) is 30.0 Å². The van der Waals surface area contributed by atoms with Gasteiger partial charge in [0.15, 0.2) is 0 Å². The van der Waals surface area contributed by atoms with Crippen LogP contribution in [0, 0.1) is 5.92 Å². The molecule has 0 radical (unpaired) electrons. The number of methoxy groups -OCH3 is 1. The molecule has 1 aromatic carbocycles. The average Bonchev–Trinajstić information content (AvgIpc) is 2.78. The van der Waals surface area contributed by atoms with Gasteiger partial charge >= 0.3 is 0 Å². The summed E-state index contributed by atoms with van der Waals surface area (Å²) in [5.41, 5.74) is 6.99. The van der Waals surface area contributed by atoms with Crippen molar-refractivity contribution in [3.63, 3.8) is 0 Å². The molecule has 0 spiro atoms. The lowest BCUT2D eigenvalue weighted by Gasteiger charge is -2.16. The minimum Gasteiger partial charge on any atom is -0.399 e. The Morgan fingerprint density at radius 1 is 1.47 bits per heavy atom. The van der Waals surface area contributed by atoms with Gasteiger partial charge in [0.05, 0.1) is 12.4 Å². The molecule has 0 bridgehead atoms. The van der Waals surface area contributed by atoms with Crippen molar-refractivity contribution >= 4 is 15.7 Å². The smallest absolute Gasteiger partial charge is 0.218 e. The second kappa shape index (κ2) is 5.90. The lowest BCUT2D eigenvalue weighted by molar-refractivity contribution is 0.157. The second-order valence-electron chi connectivity index (χ2n) is 4.97. The molecule has 19 heavy (non-hydrogen) atoms. The van der Waals surface area contributed by atoms with E-state index >= 15 is 0 Å². The molecule has 0 aliphatic carbocycles. The molecule has 1 fully saturated rings. The number of rotatable bonds is 5. The first-order valence-corrected chi connectivity index (χ1v) is 7.93. The number of nitrogens with two attached hydrogens (primary N) is 1. The third kappa shape index (κ3) is 3.68. The Morgan fingerprint density at radius 3 is 2.95 bits per heavy atom. The highest BCUT2D eigenvalue weighted by Crippen LogP contribution is 2.22. The van der Waals surface area contributed by atoms with Crippen LogP contribution in [-0.4, -0.2) is 39.5 Å². The summed E-state index contributed by atoms with van der Waals surface area (Å²) in [6.45, 7) is 1.75. The van der Waals surface area contributed by atoms with Crippen molar-refractivity contribution < 1.29 is 13.2 Å². The molecule has 2 N–H and O–H groups in total. The zero-order valence-electron chi connectivity index (χ0n) is 11.1. The standard InChI is InChI=1S/C13H20N2O3S/c1-18-9-12-5-6-15(8-12)19(16,17)10-11-3-2-4-13(14)7-11/h2-4,7,12H,5-6,8-10,14H2,1H3. The molecule has 6 heteroatoms. The van der Waals surface area contributed by atoms with Crippen LogP contribution in [0.25, 0.3) is 0 Å². The Hall–Kier alpha value is -1.11. The number of anilines is 1. The van der Waals surface area contributed by atoms with Gasteiger partial charge in [-0.2, -0.15) is 0 Å². The van der Waals surface area contributed by atoms with Gasteiger partial charge in [0, 0.05) is 25.9 Å². The van der Waals surface area contributed by atoms with Gasteiger partial charge in [-0.3, -0.25) is 0 Å². The van der Waals surface area contributed by atoms with Crippen molar-refractivity contribution in [2.75, 3.05) is 32.5 Å². The van der Waals surface area contributed by atoms with Crippen LogP contribution in [0.1, 0.15) is 12.0 Å². The maximum atomic E-state index is 12.3. The lowest BCUT2D eigenvalue weighted by atomic mass is 10.1. The van der Waals surface area contributed by atoms with Crippen molar-refractivity contribution in [1.29, 1.82) is 0 Å². The zero-order chi connectivity index (χ0) is 13.9. The highest BCUT2D eigenvalue weighted by atomic mass is 32.2. The summed E-state index contributed by atoms with van der Waals surface area (Å²) in [7, 11) is -1.62. The molecular weight excluding hydrogens is 264 g/mol. The summed E-state index contributed by atoms with van der Waals surface area (Å²) in [4.78, 5) is 0. The number of ether oxygens (including phenoxy) is 1. The van der Waals surface area contributed by atoms with Crippen molar-refractivity contribution in [2.24, 2.45) is 5.92 Å². The van der Waals surface area contributed by atoms with Gasteiger partial charge in [0.1, 0.15) is 0 Å². The summed E-state index contributed by atoms with van der Waals surface area (Å²) < 4.78 is 31.3. The molecule has 1 atom stereocenters. The highest BCUT2D eigenvalue weighted by Gasteiger charge is 2.31. The van der Waals surface area contributed by atoms with Crippen LogP contribution in [0.4, 0.5) is 5.69 Å². The van der Waals surface area contributed by atoms with Gasteiger partial charge in [0.2, 0.25) is 10.0 Å². The number of nitrogen functional groups attached to an aromatic ring is 1. The molecular formula is C13H20N2O3S. The van der Waals surface area contributed by atoms with E-state index in [1.807, 2.05) is 0 Å². The van der Waals surface area contributed by atoms with E-state index in [2.05, 4.69) is 0 Å². The van der Waals surface area contributed by atoms with Crippen molar-refractivity contribution in [2.45, 2.75) is 12.2 Å². The van der Waals surface area contributed by atoms with Gasteiger partial charge in [0.25, 0.3) is 0 Å². The normalized spacial score (nSPS) is 20.8. The molecule has 1 unspecified atom stereocenters. The fourth-order valence-electron chi connectivity index (χ4n) is 2.41. The summed E-state index contributed by atoms with van der Waals surface area (Å²) in [6.07, 6.45) is 0.865. The third-order valence-electron chi connectivity index (χ3n) is 3.34. The fraction of sp³-hybridized carbons (Fsp3) is 0.538. The number of hydrogen-bond donors (Lipinski definition) is 1. The minimum atomic E-state index is -3.26. The van der Waals surface area contributed by atoms with Crippen LogP contribution in [0.2, 0.25) is 0 Å². The molecule has 0 amide bonds. The third-order valence-corrected chi connectivity index (χ3v) is 5.16. The van der Waals surface area contributed by atoms with E-state index in [0.29, 0.717) is 31.3 Å². The highest BCUT2D eigenvalue weighted by molar-refractivity contribution is 7.88. The van der Waals surface area contributed by atoms with E-state index in [-0.39, 0.29) is 5.75 Å². The van der Waals surface area contributed by atoms with E-state index in [1.165, 1.54) is 0 Å². The van der Waals surface area contributed by atoms with Crippen molar-refractivity contribution in [1.82, 2.24) is 4.31 Å². The van der Waals surface area contributed by atoms with Crippen LogP contribution >= 0.6 is 0 Å². The van der Waals surface area contributed by atoms with Crippen LogP contribution in [-0.2, 0) is 20.5 Å². The first-order valence-electron chi connectivity index (χ1n) is 6.32. The van der Waals surface area contributed by atoms with E-state index < -0.39 is 10.0 Å². The second-order valence-corrected chi connectivity index (χ2v) is 6.94. The van der Waals surface area contributed by atoms with Gasteiger partial charge in [-0.1, -0.05) is 12.1 Å². The Bertz CT molecular complexity index is 530. The summed E-state index contributed by atoms with van der Waals surface area (Å²) in [6, 6.07) is 7.02. The SMILES string of the molecule is COCC1CCN(S(=O)(=O)Cc2cccc(N)c2)C1. The molecule has 2 rings (SSSR count). The van der Waals surface area contributed by atoms with Crippen molar-refractivity contribution in [3.8, 4) is 0 Å². The number of hydrogen-bond acceptors (Lipinski definition) is 4. The fourth-order valence-corrected chi connectivity index (χ4v) is 4.01. The lowest BCUT2D eigenvalue weighted by Crippen LogP contribution is -2.30. The molecule has 1 heterocycles.